The quantitative estimate of drug-likeness (QED) is 0.564. The van der Waals surface area contributed by atoms with Gasteiger partial charge in [0.2, 0.25) is 0 Å². The van der Waals surface area contributed by atoms with Crippen molar-refractivity contribution in [1.82, 2.24) is 0 Å². The van der Waals surface area contributed by atoms with Gasteiger partial charge < -0.3 is 24.8 Å². The van der Waals surface area contributed by atoms with E-state index < -0.39 is 0 Å². The fourth-order valence-electron chi connectivity index (χ4n) is 3.19. The third-order valence-corrected chi connectivity index (χ3v) is 5.55. The molecule has 2 aromatic rings. The normalized spacial score (nSPS) is 17.4. The Bertz CT molecular complexity index is 732. The predicted molar refractivity (Wildman–Crippen MR) is 75.5 cm³/mol. The van der Waals surface area contributed by atoms with Gasteiger partial charge in [-0.2, -0.15) is 0 Å². The van der Waals surface area contributed by atoms with Crippen LogP contribution in [0.3, 0.4) is 0 Å². The van der Waals surface area contributed by atoms with Gasteiger partial charge in [-0.05, 0) is 0 Å². The molecule has 0 saturated carbocycles. The SMILES string of the molecule is [Cl-].[Cl-].[Zr+2][CH]1c2ccccc2-c2cccc(C3=CC=CC3)c21. The van der Waals surface area contributed by atoms with E-state index in [-0.39, 0.29) is 24.8 Å². The van der Waals surface area contributed by atoms with Gasteiger partial charge in [0.05, 0.1) is 0 Å². The van der Waals surface area contributed by atoms with Crippen molar-refractivity contribution < 1.29 is 49.5 Å². The van der Waals surface area contributed by atoms with Crippen molar-refractivity contribution in [2.24, 2.45) is 0 Å². The second kappa shape index (κ2) is 6.65. The molecule has 103 valence electrons. The molecule has 0 amide bonds. The van der Waals surface area contributed by atoms with Gasteiger partial charge in [-0.25, -0.2) is 0 Å². The van der Waals surface area contributed by atoms with Crippen LogP contribution in [-0.2, 0) is 24.7 Å². The molecule has 21 heavy (non-hydrogen) atoms. The maximum absolute atomic E-state index is 2.29. The number of benzene rings is 2. The molecule has 1 unspecified atom stereocenters. The summed E-state index contributed by atoms with van der Waals surface area (Å²) in [6.45, 7) is 0. The molecule has 0 spiro atoms. The Labute approximate surface area is 153 Å². The van der Waals surface area contributed by atoms with E-state index in [2.05, 4.69) is 60.7 Å². The van der Waals surface area contributed by atoms with Crippen LogP contribution in [0.4, 0.5) is 0 Å². The summed E-state index contributed by atoms with van der Waals surface area (Å²) >= 11 is 1.58. The third-order valence-electron chi connectivity index (χ3n) is 4.07. The molecule has 0 aliphatic heterocycles. The molecule has 0 saturated heterocycles. The van der Waals surface area contributed by atoms with Crippen molar-refractivity contribution in [2.45, 2.75) is 10.0 Å². The Morgan fingerprint density at radius 2 is 1.57 bits per heavy atom. The molecule has 0 bridgehead atoms. The standard InChI is InChI=1S/C18H13.2ClH.Zr/c1-2-7-13(6-1)15-10-5-11-17-16-9-4-3-8-14(16)12-18(15)17;;;/h1-6,8-12H,7H2;2*1H;/q;;;+2/p-2. The Morgan fingerprint density at radius 1 is 0.857 bits per heavy atom. The fourth-order valence-corrected chi connectivity index (χ4v) is 4.57. The monoisotopic (exact) mass is 389 g/mol. The van der Waals surface area contributed by atoms with E-state index in [9.17, 15) is 0 Å². The van der Waals surface area contributed by atoms with Gasteiger partial charge in [0.1, 0.15) is 0 Å². The maximum atomic E-state index is 2.29. The van der Waals surface area contributed by atoms with Crippen LogP contribution in [0.5, 0.6) is 0 Å². The Morgan fingerprint density at radius 3 is 2.33 bits per heavy atom. The van der Waals surface area contributed by atoms with Crippen LogP contribution in [-0.4, -0.2) is 0 Å². The van der Waals surface area contributed by atoms with Crippen LogP contribution >= 0.6 is 0 Å². The van der Waals surface area contributed by atoms with E-state index in [4.69, 9.17) is 0 Å². The van der Waals surface area contributed by atoms with Gasteiger partial charge in [0.15, 0.2) is 0 Å². The van der Waals surface area contributed by atoms with Gasteiger partial charge in [-0.3, -0.25) is 0 Å². The van der Waals surface area contributed by atoms with E-state index in [1.165, 1.54) is 27.8 Å². The van der Waals surface area contributed by atoms with E-state index >= 15 is 0 Å². The minimum atomic E-state index is 0. The van der Waals surface area contributed by atoms with E-state index in [1.54, 1.807) is 30.3 Å². The number of hydrogen-bond donors (Lipinski definition) is 0. The van der Waals surface area contributed by atoms with Gasteiger partial charge in [0, 0.05) is 0 Å². The zero-order valence-electron chi connectivity index (χ0n) is 11.3. The Balaban J connectivity index is 0.000000807. The minimum absolute atomic E-state index is 0. The van der Waals surface area contributed by atoms with Crippen molar-refractivity contribution in [2.75, 3.05) is 0 Å². The van der Waals surface area contributed by atoms with Gasteiger partial charge in [-0.1, -0.05) is 0 Å². The summed E-state index contributed by atoms with van der Waals surface area (Å²) in [5.41, 5.74) is 8.87. The molecule has 0 fully saturated rings. The van der Waals surface area contributed by atoms with Crippen LogP contribution in [0.25, 0.3) is 16.7 Å². The average Bonchev–Trinajstić information content (AvgIpc) is 3.08. The third kappa shape index (κ3) is 2.61. The molecule has 2 aromatic carbocycles. The van der Waals surface area contributed by atoms with Crippen molar-refractivity contribution >= 4 is 5.57 Å². The molecule has 2 aliphatic carbocycles. The second-order valence-electron chi connectivity index (χ2n) is 5.11. The van der Waals surface area contributed by atoms with Crippen LogP contribution in [0.1, 0.15) is 26.7 Å². The molecule has 0 nitrogen and oxygen atoms in total. The summed E-state index contributed by atoms with van der Waals surface area (Å²) in [7, 11) is 0. The molecule has 3 heteroatoms. The van der Waals surface area contributed by atoms with Crippen LogP contribution in [0.2, 0.25) is 0 Å². The predicted octanol–water partition coefficient (Wildman–Crippen LogP) is -1.35. The molecule has 0 aromatic heterocycles. The zero-order chi connectivity index (χ0) is 12.8. The zero-order valence-corrected chi connectivity index (χ0v) is 15.3. The van der Waals surface area contributed by atoms with Gasteiger partial charge in [-0.15, -0.1) is 0 Å². The first-order chi connectivity index (χ1) is 9.36. The summed E-state index contributed by atoms with van der Waals surface area (Å²) in [5.74, 6) is 0. The number of halogens is 2. The average molecular weight is 391 g/mol. The molecule has 4 rings (SSSR count). The molecular formula is C18H13Cl2Zr. The summed E-state index contributed by atoms with van der Waals surface area (Å²) in [6.07, 6.45) is 7.76. The van der Waals surface area contributed by atoms with Gasteiger partial charge >= 0.3 is 129 Å². The summed E-state index contributed by atoms with van der Waals surface area (Å²) in [4.78, 5) is 0. The van der Waals surface area contributed by atoms with Crippen molar-refractivity contribution in [3.63, 3.8) is 0 Å². The summed E-state index contributed by atoms with van der Waals surface area (Å²) in [5, 5.41) is 0. The van der Waals surface area contributed by atoms with Crippen LogP contribution < -0.4 is 24.8 Å². The number of hydrogen-bond acceptors (Lipinski definition) is 0. The van der Waals surface area contributed by atoms with Gasteiger partial charge in [0.25, 0.3) is 0 Å². The molecule has 0 radical (unpaired) electrons. The molecule has 2 aliphatic rings. The Hall–Kier alpha value is -0.617. The fraction of sp³-hybridized carbons (Fsp3) is 0.111. The summed E-state index contributed by atoms with van der Waals surface area (Å²) in [6, 6.07) is 15.7. The van der Waals surface area contributed by atoms with E-state index in [0.717, 1.165) is 6.42 Å². The topological polar surface area (TPSA) is 0 Å². The summed E-state index contributed by atoms with van der Waals surface area (Å²) < 4.78 is 0.594. The number of rotatable bonds is 1. The molecule has 0 N–H and O–H groups in total. The second-order valence-corrected chi connectivity index (χ2v) is 6.53. The van der Waals surface area contributed by atoms with Crippen LogP contribution in [0.15, 0.2) is 60.7 Å². The molecular weight excluding hydrogens is 378 g/mol. The molecule has 0 heterocycles. The molecule has 1 atom stereocenters. The van der Waals surface area contributed by atoms with Crippen molar-refractivity contribution in [1.29, 1.82) is 0 Å². The number of allylic oxidation sites excluding steroid dienone is 4. The van der Waals surface area contributed by atoms with Crippen molar-refractivity contribution in [3.8, 4) is 11.1 Å². The first kappa shape index (κ1) is 16.7. The first-order valence-electron chi connectivity index (χ1n) is 6.65. The Kier molecular flexibility index (Phi) is 5.30. The van der Waals surface area contributed by atoms with Crippen molar-refractivity contribution in [3.05, 3.63) is 77.4 Å². The number of fused-ring (bicyclic) bond motifs is 3. The van der Waals surface area contributed by atoms with E-state index in [1.807, 2.05) is 0 Å². The van der Waals surface area contributed by atoms with E-state index in [0.29, 0.717) is 3.63 Å². The first-order valence-corrected chi connectivity index (χ1v) is 8.07. The van der Waals surface area contributed by atoms with Crippen LogP contribution in [0, 0.1) is 0 Å².